The molecule has 14 atom stereocenters. The van der Waals surface area contributed by atoms with Crippen LogP contribution >= 0.6 is 0 Å². The summed E-state index contributed by atoms with van der Waals surface area (Å²) in [4.78, 5) is 13.4. The van der Waals surface area contributed by atoms with Crippen LogP contribution in [0.3, 0.4) is 0 Å². The number of benzene rings is 2. The molecular formula is C36H48O19. The summed E-state index contributed by atoms with van der Waals surface area (Å²) in [6, 6.07) is 9.00. The number of aromatic hydroxyl groups is 2. The van der Waals surface area contributed by atoms with Crippen LogP contribution in [0.1, 0.15) is 18.1 Å². The minimum Gasteiger partial charge on any atom is -0.504 e. The van der Waals surface area contributed by atoms with Gasteiger partial charge in [-0.1, -0.05) is 12.1 Å². The van der Waals surface area contributed by atoms with Gasteiger partial charge in [-0.3, -0.25) is 0 Å². The highest BCUT2D eigenvalue weighted by molar-refractivity contribution is 5.87. The molecule has 306 valence electrons. The lowest BCUT2D eigenvalue weighted by Crippen LogP contribution is -2.65. The Morgan fingerprint density at radius 2 is 1.49 bits per heavy atom. The largest absolute Gasteiger partial charge is 0.504 e. The smallest absolute Gasteiger partial charge is 0.331 e. The highest BCUT2D eigenvalue weighted by Gasteiger charge is 2.53. The van der Waals surface area contributed by atoms with Gasteiger partial charge in [0.1, 0.15) is 54.9 Å². The monoisotopic (exact) mass is 784 g/mol. The van der Waals surface area contributed by atoms with Gasteiger partial charge in [0, 0.05) is 6.08 Å². The molecule has 0 aliphatic carbocycles. The fourth-order valence-corrected chi connectivity index (χ4v) is 6.18. The van der Waals surface area contributed by atoms with E-state index in [4.69, 9.17) is 42.6 Å². The maximum Gasteiger partial charge on any atom is 0.331 e. The van der Waals surface area contributed by atoms with E-state index in [1.165, 1.54) is 51.5 Å². The van der Waals surface area contributed by atoms with Crippen LogP contribution in [-0.2, 0) is 44.4 Å². The Morgan fingerprint density at radius 3 is 2.20 bits per heavy atom. The Kier molecular flexibility index (Phi) is 14.7. The van der Waals surface area contributed by atoms with Gasteiger partial charge in [-0.15, -0.1) is 0 Å². The fraction of sp³-hybridized carbons (Fsp3) is 0.583. The van der Waals surface area contributed by atoms with Crippen molar-refractivity contribution in [2.45, 2.75) is 99.4 Å². The van der Waals surface area contributed by atoms with Crippen LogP contribution in [-0.4, -0.2) is 172 Å². The number of hydrogen-bond acceptors (Lipinski definition) is 19. The van der Waals surface area contributed by atoms with E-state index in [1.54, 1.807) is 12.1 Å². The maximum atomic E-state index is 13.4. The van der Waals surface area contributed by atoms with Crippen LogP contribution in [0, 0.1) is 0 Å². The van der Waals surface area contributed by atoms with E-state index in [2.05, 4.69) is 0 Å². The first kappa shape index (κ1) is 42.5. The molecular weight excluding hydrogens is 736 g/mol. The number of methoxy groups -OCH3 is 2. The van der Waals surface area contributed by atoms with Crippen LogP contribution in [0.15, 0.2) is 42.5 Å². The summed E-state index contributed by atoms with van der Waals surface area (Å²) in [7, 11) is 2.75. The molecule has 19 heteroatoms. The zero-order chi connectivity index (χ0) is 40.0. The quantitative estimate of drug-likeness (QED) is 0.0744. The summed E-state index contributed by atoms with van der Waals surface area (Å²) in [5.41, 5.74) is 1.06. The molecule has 3 fully saturated rings. The van der Waals surface area contributed by atoms with Crippen molar-refractivity contribution in [3.05, 3.63) is 53.6 Å². The van der Waals surface area contributed by atoms with Crippen molar-refractivity contribution in [2.75, 3.05) is 34.0 Å². The SMILES string of the molecule is COc1ccc(CCO[C@H]2O[C@@H](CO[C@H]3OC[C@@H](O)[C@@H](O)[C@@H]3O)[C@H](OC(=O)/C=C/c3ccc(O)c(OC)c3)[C@@H](O[C@H]3O[C@H](C)[C@@H](O)[C@H](O)[C@@H]3O)[C@@H]2O)cc1O. The number of aliphatic hydroxyl groups excluding tert-OH is 7. The summed E-state index contributed by atoms with van der Waals surface area (Å²) in [5, 5.41) is 93.9. The lowest BCUT2D eigenvalue weighted by Gasteiger charge is -2.47. The molecule has 3 aliphatic heterocycles. The number of esters is 1. The minimum absolute atomic E-state index is 0.101. The first-order valence-electron chi connectivity index (χ1n) is 17.4. The van der Waals surface area contributed by atoms with Crippen molar-refractivity contribution in [3.8, 4) is 23.0 Å². The van der Waals surface area contributed by atoms with E-state index < -0.39 is 98.6 Å². The van der Waals surface area contributed by atoms with Crippen molar-refractivity contribution in [3.63, 3.8) is 0 Å². The number of carbonyl (C=O) groups excluding carboxylic acids is 1. The van der Waals surface area contributed by atoms with Crippen LogP contribution in [0.2, 0.25) is 0 Å². The van der Waals surface area contributed by atoms with Crippen molar-refractivity contribution < 1.29 is 93.4 Å². The van der Waals surface area contributed by atoms with Crippen LogP contribution < -0.4 is 9.47 Å². The molecule has 19 nitrogen and oxygen atoms in total. The second kappa shape index (κ2) is 19.0. The van der Waals surface area contributed by atoms with E-state index >= 15 is 0 Å². The van der Waals surface area contributed by atoms with Gasteiger partial charge in [0.05, 0.1) is 40.1 Å². The average Bonchev–Trinajstić information content (AvgIpc) is 3.17. The predicted molar refractivity (Wildman–Crippen MR) is 183 cm³/mol. The van der Waals surface area contributed by atoms with Gasteiger partial charge in [-0.25, -0.2) is 4.79 Å². The van der Waals surface area contributed by atoms with Gasteiger partial charge < -0.3 is 88.6 Å². The molecule has 0 radical (unpaired) electrons. The van der Waals surface area contributed by atoms with Gasteiger partial charge in [0.15, 0.2) is 48.0 Å². The third-order valence-corrected chi connectivity index (χ3v) is 9.38. The van der Waals surface area contributed by atoms with Crippen molar-refractivity contribution >= 4 is 12.0 Å². The second-order valence-electron chi connectivity index (χ2n) is 13.2. The summed E-state index contributed by atoms with van der Waals surface area (Å²) >= 11 is 0. The van der Waals surface area contributed by atoms with E-state index in [1.807, 2.05) is 0 Å². The first-order chi connectivity index (χ1) is 26.2. The zero-order valence-electron chi connectivity index (χ0n) is 30.1. The number of phenols is 2. The number of hydrogen-bond donors (Lipinski definition) is 9. The average molecular weight is 785 g/mol. The molecule has 0 bridgehead atoms. The fourth-order valence-electron chi connectivity index (χ4n) is 6.18. The lowest BCUT2D eigenvalue weighted by atomic mass is 9.96. The molecule has 0 aromatic heterocycles. The number of ether oxygens (including phenoxy) is 9. The minimum atomic E-state index is -1.84. The molecule has 9 N–H and O–H groups in total. The molecule has 2 aromatic rings. The summed E-state index contributed by atoms with van der Waals surface area (Å²) in [6.45, 7) is 0.361. The Hall–Kier alpha value is -3.67. The van der Waals surface area contributed by atoms with Crippen molar-refractivity contribution in [1.29, 1.82) is 0 Å². The Morgan fingerprint density at radius 1 is 0.764 bits per heavy atom. The highest BCUT2D eigenvalue weighted by atomic mass is 16.8. The molecule has 55 heavy (non-hydrogen) atoms. The maximum absolute atomic E-state index is 13.4. The molecule has 0 unspecified atom stereocenters. The molecule has 5 rings (SSSR count). The number of phenolic OH excluding ortho intramolecular Hbond substituents is 2. The van der Waals surface area contributed by atoms with Crippen LogP contribution in [0.5, 0.6) is 23.0 Å². The molecule has 0 spiro atoms. The standard InChI is InChI=1S/C36H48O19/c1-16-26(41)28(43)30(45)36(52-16)55-33-31(46)35(49-11-10-18-5-8-22(47-2)20(38)12-18)53-24(15-51-34-29(44)27(42)21(39)14-50-34)32(33)54-25(40)9-6-17-4-7-19(37)23(13-17)48-3/h4-9,12-13,16,21,24,26-39,41-46H,10-11,14-15H2,1-3H3/b9-6+/t16-,21-,24+,26-,27-,28+,29+,30+,31+,32+,33+,34-,35+,36-/m1/s1. The van der Waals surface area contributed by atoms with E-state index in [0.717, 1.165) is 6.08 Å². The van der Waals surface area contributed by atoms with Crippen molar-refractivity contribution in [1.82, 2.24) is 0 Å². The molecule has 0 amide bonds. The summed E-state index contributed by atoms with van der Waals surface area (Å²) in [5.74, 6) is -0.848. The second-order valence-corrected chi connectivity index (χ2v) is 13.2. The third kappa shape index (κ3) is 10.2. The van der Waals surface area contributed by atoms with Gasteiger partial charge in [0.25, 0.3) is 0 Å². The molecule has 2 aromatic carbocycles. The molecule has 3 aliphatic rings. The number of carbonyl (C=O) groups is 1. The van der Waals surface area contributed by atoms with Crippen LogP contribution in [0.4, 0.5) is 0 Å². The zero-order valence-corrected chi connectivity index (χ0v) is 30.1. The normalized spacial score (nSPS) is 35.4. The number of rotatable bonds is 14. The van der Waals surface area contributed by atoms with Gasteiger partial charge >= 0.3 is 5.97 Å². The van der Waals surface area contributed by atoms with E-state index in [0.29, 0.717) is 11.1 Å². The summed E-state index contributed by atoms with van der Waals surface area (Å²) in [6.07, 6.45) is -19.4. The number of aliphatic hydroxyl groups is 7. The molecule has 3 saturated heterocycles. The third-order valence-electron chi connectivity index (χ3n) is 9.38. The highest BCUT2D eigenvalue weighted by Crippen LogP contribution is 2.33. The Bertz CT molecular complexity index is 1590. The van der Waals surface area contributed by atoms with E-state index in [9.17, 15) is 50.8 Å². The van der Waals surface area contributed by atoms with Gasteiger partial charge in [0.2, 0.25) is 0 Å². The topological polar surface area (TPSA) is 282 Å². The first-order valence-corrected chi connectivity index (χ1v) is 17.4. The predicted octanol–water partition coefficient (Wildman–Crippen LogP) is -1.95. The molecule has 3 heterocycles. The van der Waals surface area contributed by atoms with Crippen LogP contribution in [0.25, 0.3) is 6.08 Å². The van der Waals surface area contributed by atoms with Gasteiger partial charge in [-0.05, 0) is 54.8 Å². The van der Waals surface area contributed by atoms with Gasteiger partial charge in [-0.2, -0.15) is 0 Å². The van der Waals surface area contributed by atoms with E-state index in [-0.39, 0.29) is 42.6 Å². The lowest BCUT2D eigenvalue weighted by molar-refractivity contribution is -0.362. The molecule has 0 saturated carbocycles. The van der Waals surface area contributed by atoms with Crippen molar-refractivity contribution in [2.24, 2.45) is 0 Å². The Labute approximate surface area is 315 Å². The summed E-state index contributed by atoms with van der Waals surface area (Å²) < 4.78 is 50.6. The Balaban J connectivity index is 1.42.